The van der Waals surface area contributed by atoms with Crippen molar-refractivity contribution in [3.8, 4) is 5.75 Å². The lowest BCUT2D eigenvalue weighted by Crippen LogP contribution is -2.46. The molecule has 0 radical (unpaired) electrons. The van der Waals surface area contributed by atoms with Gasteiger partial charge in [-0.25, -0.2) is 0 Å². The van der Waals surface area contributed by atoms with Crippen molar-refractivity contribution in [2.45, 2.75) is 32.9 Å². The van der Waals surface area contributed by atoms with Crippen LogP contribution in [0.15, 0.2) is 24.3 Å². The highest BCUT2D eigenvalue weighted by atomic mass is 19.3. The summed E-state index contributed by atoms with van der Waals surface area (Å²) >= 11 is 0. The van der Waals surface area contributed by atoms with Gasteiger partial charge in [-0.2, -0.15) is 8.78 Å². The summed E-state index contributed by atoms with van der Waals surface area (Å²) in [5.74, 6) is 0.738. The predicted octanol–water partition coefficient (Wildman–Crippen LogP) is 3.28. The van der Waals surface area contributed by atoms with Gasteiger partial charge in [0, 0.05) is 32.2 Å². The molecule has 118 valence electrons. The van der Waals surface area contributed by atoms with Crippen LogP contribution in [0.1, 0.15) is 31.9 Å². The van der Waals surface area contributed by atoms with E-state index in [1.165, 1.54) is 5.56 Å². The highest BCUT2D eigenvalue weighted by Crippen LogP contribution is 2.32. The largest absolute Gasteiger partial charge is 0.435 e. The first-order chi connectivity index (χ1) is 10.1. The lowest BCUT2D eigenvalue weighted by molar-refractivity contribution is -0.0498. The Balaban J connectivity index is 2.15. The maximum absolute atomic E-state index is 12.2. The fourth-order valence-corrected chi connectivity index (χ4v) is 2.93. The Bertz CT molecular complexity index is 419. The molecule has 0 amide bonds. The van der Waals surface area contributed by atoms with Gasteiger partial charge in [-0.1, -0.05) is 32.4 Å². The summed E-state index contributed by atoms with van der Waals surface area (Å²) in [6, 6.07) is 7.43. The summed E-state index contributed by atoms with van der Waals surface area (Å²) < 4.78 is 28.9. The van der Waals surface area contributed by atoms with Crippen LogP contribution in [0, 0.1) is 5.92 Å². The molecular weight excluding hydrogens is 274 g/mol. The number of nitrogens with zero attached hydrogens (tertiary/aromatic N) is 1. The van der Waals surface area contributed by atoms with Crippen LogP contribution in [0.4, 0.5) is 8.78 Å². The summed E-state index contributed by atoms with van der Waals surface area (Å²) in [5, 5.41) is 3.36. The van der Waals surface area contributed by atoms with E-state index in [4.69, 9.17) is 0 Å². The zero-order valence-electron chi connectivity index (χ0n) is 12.7. The van der Waals surface area contributed by atoms with E-state index >= 15 is 0 Å². The second-order valence-electron chi connectivity index (χ2n) is 5.56. The SMILES string of the molecule is CCC(C)[C@@H](c1ccc(OC(F)F)cc1)N1CCNCC1. The third-order valence-electron chi connectivity index (χ3n) is 4.17. The topological polar surface area (TPSA) is 24.5 Å². The van der Waals surface area contributed by atoms with E-state index in [0.717, 1.165) is 32.6 Å². The highest BCUT2D eigenvalue weighted by molar-refractivity contribution is 5.29. The van der Waals surface area contributed by atoms with E-state index in [-0.39, 0.29) is 5.75 Å². The fraction of sp³-hybridized carbons (Fsp3) is 0.625. The predicted molar refractivity (Wildman–Crippen MR) is 79.7 cm³/mol. The Hall–Kier alpha value is -1.20. The average molecular weight is 298 g/mol. The Kier molecular flexibility index (Phi) is 5.94. The van der Waals surface area contributed by atoms with Gasteiger partial charge in [0.15, 0.2) is 0 Å². The molecule has 1 aromatic carbocycles. The summed E-state index contributed by atoms with van der Waals surface area (Å²) in [6.45, 7) is 5.70. The number of hydrogen-bond acceptors (Lipinski definition) is 3. The minimum atomic E-state index is -2.77. The number of benzene rings is 1. The molecule has 1 N–H and O–H groups in total. The molecule has 1 aliphatic heterocycles. The minimum Gasteiger partial charge on any atom is -0.435 e. The molecule has 1 heterocycles. The van der Waals surface area contributed by atoms with Gasteiger partial charge in [-0.15, -0.1) is 0 Å². The smallest absolute Gasteiger partial charge is 0.387 e. The van der Waals surface area contributed by atoms with Crippen LogP contribution in [-0.4, -0.2) is 37.7 Å². The van der Waals surface area contributed by atoms with Gasteiger partial charge >= 0.3 is 6.61 Å². The van der Waals surface area contributed by atoms with Gasteiger partial charge < -0.3 is 10.1 Å². The summed E-state index contributed by atoms with van der Waals surface area (Å²) in [6.07, 6.45) is 1.09. The molecule has 0 spiro atoms. The van der Waals surface area contributed by atoms with E-state index in [1.807, 2.05) is 12.1 Å². The van der Waals surface area contributed by atoms with Gasteiger partial charge in [-0.05, 0) is 23.6 Å². The second kappa shape index (κ2) is 7.71. The molecule has 2 rings (SSSR count). The van der Waals surface area contributed by atoms with E-state index in [2.05, 4.69) is 28.8 Å². The Labute approximate surface area is 125 Å². The lowest BCUT2D eigenvalue weighted by Gasteiger charge is -2.38. The maximum atomic E-state index is 12.2. The number of piperazine rings is 1. The first kappa shape index (κ1) is 16.2. The van der Waals surface area contributed by atoms with Gasteiger partial charge in [0.05, 0.1) is 0 Å². The number of halogens is 2. The maximum Gasteiger partial charge on any atom is 0.387 e. The zero-order chi connectivity index (χ0) is 15.2. The monoisotopic (exact) mass is 298 g/mol. The summed E-state index contributed by atoms with van der Waals surface area (Å²) in [5.41, 5.74) is 1.17. The molecule has 0 bridgehead atoms. The molecule has 1 aromatic rings. The molecule has 3 nitrogen and oxygen atoms in total. The number of hydrogen-bond donors (Lipinski definition) is 1. The van der Waals surface area contributed by atoms with Crippen LogP contribution in [0.5, 0.6) is 5.75 Å². The first-order valence-electron chi connectivity index (χ1n) is 7.61. The molecule has 0 aromatic heterocycles. The summed E-state index contributed by atoms with van der Waals surface area (Å²) in [7, 11) is 0. The standard InChI is InChI=1S/C16H24F2N2O/c1-3-12(2)15(20-10-8-19-9-11-20)13-4-6-14(7-5-13)21-16(17)18/h4-7,12,15-16,19H,3,8-11H2,1-2H3/t12?,15-/m0/s1. The number of ether oxygens (including phenoxy) is 1. The molecule has 0 saturated carbocycles. The fourth-order valence-electron chi connectivity index (χ4n) is 2.93. The molecule has 1 unspecified atom stereocenters. The zero-order valence-corrected chi connectivity index (χ0v) is 12.7. The quantitative estimate of drug-likeness (QED) is 0.872. The van der Waals surface area contributed by atoms with Crippen LogP contribution in [-0.2, 0) is 0 Å². The van der Waals surface area contributed by atoms with E-state index < -0.39 is 6.61 Å². The molecule has 1 saturated heterocycles. The van der Waals surface area contributed by atoms with E-state index in [1.54, 1.807) is 12.1 Å². The Morgan fingerprint density at radius 3 is 2.33 bits per heavy atom. The number of rotatable bonds is 6. The molecule has 2 atom stereocenters. The van der Waals surface area contributed by atoms with Gasteiger partial charge in [0.2, 0.25) is 0 Å². The molecule has 21 heavy (non-hydrogen) atoms. The Morgan fingerprint density at radius 2 is 1.81 bits per heavy atom. The lowest BCUT2D eigenvalue weighted by atomic mass is 9.90. The van der Waals surface area contributed by atoms with Gasteiger partial charge in [0.25, 0.3) is 0 Å². The second-order valence-corrected chi connectivity index (χ2v) is 5.56. The van der Waals surface area contributed by atoms with Crippen LogP contribution in [0.3, 0.4) is 0 Å². The van der Waals surface area contributed by atoms with Crippen molar-refractivity contribution >= 4 is 0 Å². The minimum absolute atomic E-state index is 0.219. The van der Waals surface area contributed by atoms with Crippen LogP contribution >= 0.6 is 0 Å². The molecule has 1 fully saturated rings. The van der Waals surface area contributed by atoms with Crippen molar-refractivity contribution in [2.75, 3.05) is 26.2 Å². The van der Waals surface area contributed by atoms with Crippen LogP contribution in [0.2, 0.25) is 0 Å². The third kappa shape index (κ3) is 4.38. The first-order valence-corrected chi connectivity index (χ1v) is 7.61. The third-order valence-corrected chi connectivity index (χ3v) is 4.17. The van der Waals surface area contributed by atoms with Gasteiger partial charge in [0.1, 0.15) is 5.75 Å². The molecule has 0 aliphatic carbocycles. The number of nitrogens with one attached hydrogen (secondary N) is 1. The van der Waals surface area contributed by atoms with E-state index in [9.17, 15) is 8.78 Å². The van der Waals surface area contributed by atoms with Crippen molar-refractivity contribution in [1.29, 1.82) is 0 Å². The highest BCUT2D eigenvalue weighted by Gasteiger charge is 2.26. The van der Waals surface area contributed by atoms with Gasteiger partial charge in [-0.3, -0.25) is 4.90 Å². The summed E-state index contributed by atoms with van der Waals surface area (Å²) in [4.78, 5) is 2.48. The van der Waals surface area contributed by atoms with Crippen molar-refractivity contribution < 1.29 is 13.5 Å². The van der Waals surface area contributed by atoms with Crippen molar-refractivity contribution in [3.05, 3.63) is 29.8 Å². The van der Waals surface area contributed by atoms with E-state index in [0.29, 0.717) is 12.0 Å². The average Bonchev–Trinajstić information content (AvgIpc) is 2.49. The molecule has 5 heteroatoms. The van der Waals surface area contributed by atoms with Crippen molar-refractivity contribution in [3.63, 3.8) is 0 Å². The Morgan fingerprint density at radius 1 is 1.19 bits per heavy atom. The normalized spacial score (nSPS) is 19.5. The van der Waals surface area contributed by atoms with Crippen molar-refractivity contribution in [2.24, 2.45) is 5.92 Å². The van der Waals surface area contributed by atoms with Crippen LogP contribution < -0.4 is 10.1 Å². The molecule has 1 aliphatic rings. The van der Waals surface area contributed by atoms with Crippen molar-refractivity contribution in [1.82, 2.24) is 10.2 Å². The number of alkyl halides is 2. The van der Waals surface area contributed by atoms with Crippen LogP contribution in [0.25, 0.3) is 0 Å². The molecular formula is C16H24F2N2O.